The predicted molar refractivity (Wildman–Crippen MR) is 81.0 cm³/mol. The van der Waals surface area contributed by atoms with Crippen LogP contribution in [0.2, 0.25) is 0 Å². The van der Waals surface area contributed by atoms with Gasteiger partial charge in [-0.15, -0.1) is 0 Å². The molecule has 1 saturated heterocycles. The number of amides is 1. The molecule has 108 valence electrons. The highest BCUT2D eigenvalue weighted by atomic mass is 32.1. The third-order valence-electron chi connectivity index (χ3n) is 4.26. The average molecular weight is 283 g/mol. The van der Waals surface area contributed by atoms with Gasteiger partial charge in [-0.3, -0.25) is 9.69 Å². The maximum absolute atomic E-state index is 12.1. The number of likely N-dealkylation sites (tertiary alicyclic amines) is 1. The van der Waals surface area contributed by atoms with Crippen molar-refractivity contribution in [3.63, 3.8) is 0 Å². The van der Waals surface area contributed by atoms with Gasteiger partial charge in [0.2, 0.25) is 5.91 Å². The van der Waals surface area contributed by atoms with Crippen LogP contribution in [0.5, 0.6) is 0 Å². The van der Waals surface area contributed by atoms with E-state index in [0.717, 1.165) is 38.6 Å². The molecule has 1 atom stereocenters. The minimum Gasteiger partial charge on any atom is -0.392 e. The maximum Gasteiger partial charge on any atom is 0.234 e. The van der Waals surface area contributed by atoms with E-state index in [4.69, 9.17) is 18.0 Å². The third-order valence-corrected chi connectivity index (χ3v) is 4.53. The van der Waals surface area contributed by atoms with Crippen molar-refractivity contribution in [2.75, 3.05) is 13.1 Å². The lowest BCUT2D eigenvalue weighted by Crippen LogP contribution is -2.51. The van der Waals surface area contributed by atoms with Crippen LogP contribution in [0.3, 0.4) is 0 Å². The van der Waals surface area contributed by atoms with E-state index < -0.39 is 0 Å². The molecule has 0 radical (unpaired) electrons. The first kappa shape index (κ1) is 14.7. The van der Waals surface area contributed by atoms with Crippen LogP contribution in [0.25, 0.3) is 0 Å². The number of piperidine rings is 1. The second kappa shape index (κ2) is 7.20. The van der Waals surface area contributed by atoms with E-state index in [1.54, 1.807) is 0 Å². The van der Waals surface area contributed by atoms with Gasteiger partial charge in [-0.25, -0.2) is 0 Å². The summed E-state index contributed by atoms with van der Waals surface area (Å²) in [5.74, 6) is 0.134. The summed E-state index contributed by atoms with van der Waals surface area (Å²) in [6.45, 7) is 1.37. The number of carbonyl (C=O) groups excluding carboxylic acids is 1. The Hall–Kier alpha value is -0.680. The monoisotopic (exact) mass is 283 g/mol. The lowest BCUT2D eigenvalue weighted by Gasteiger charge is -2.35. The molecule has 0 aromatic carbocycles. The van der Waals surface area contributed by atoms with Gasteiger partial charge in [0.15, 0.2) is 0 Å². The minimum absolute atomic E-state index is 0.112. The van der Waals surface area contributed by atoms with E-state index in [2.05, 4.69) is 10.2 Å². The van der Waals surface area contributed by atoms with E-state index in [1.165, 1.54) is 19.3 Å². The van der Waals surface area contributed by atoms with E-state index in [-0.39, 0.29) is 11.9 Å². The largest absolute Gasteiger partial charge is 0.392 e. The predicted octanol–water partition coefficient (Wildman–Crippen LogP) is 1.58. The molecule has 19 heavy (non-hydrogen) atoms. The van der Waals surface area contributed by atoms with Gasteiger partial charge in [-0.2, -0.15) is 0 Å². The van der Waals surface area contributed by atoms with Gasteiger partial charge in [-0.1, -0.05) is 37.9 Å². The van der Waals surface area contributed by atoms with Crippen LogP contribution in [0.1, 0.15) is 51.4 Å². The highest BCUT2D eigenvalue weighted by molar-refractivity contribution is 7.80. The molecule has 0 spiro atoms. The summed E-state index contributed by atoms with van der Waals surface area (Å²) < 4.78 is 0. The standard InChI is InChI=1S/C14H25N3OS/c15-14(19)12-8-4-5-9-17(12)10-13(18)16-11-6-2-1-3-7-11/h11-12H,1-10H2,(H2,15,19)(H,16,18). The van der Waals surface area contributed by atoms with Crippen molar-refractivity contribution in [3.05, 3.63) is 0 Å². The molecule has 4 nitrogen and oxygen atoms in total. The molecule has 0 bridgehead atoms. The van der Waals surface area contributed by atoms with Crippen molar-refractivity contribution in [2.24, 2.45) is 5.73 Å². The summed E-state index contributed by atoms with van der Waals surface area (Å²) in [4.78, 5) is 14.8. The number of nitrogens with one attached hydrogen (secondary N) is 1. The molecule has 1 aliphatic heterocycles. The summed E-state index contributed by atoms with van der Waals surface area (Å²) >= 11 is 5.11. The maximum atomic E-state index is 12.1. The molecule has 3 N–H and O–H groups in total. The first-order chi connectivity index (χ1) is 9.16. The molecule has 1 unspecified atom stereocenters. The Morgan fingerprint density at radius 3 is 2.53 bits per heavy atom. The Bertz CT molecular complexity index is 329. The molecule has 5 heteroatoms. The molecule has 2 fully saturated rings. The zero-order valence-corrected chi connectivity index (χ0v) is 12.4. The number of hydrogen-bond acceptors (Lipinski definition) is 3. The second-order valence-electron chi connectivity index (χ2n) is 5.79. The normalized spacial score (nSPS) is 26.0. The van der Waals surface area contributed by atoms with Crippen LogP contribution >= 0.6 is 12.2 Å². The van der Waals surface area contributed by atoms with E-state index in [9.17, 15) is 4.79 Å². The number of hydrogen-bond donors (Lipinski definition) is 2. The van der Waals surface area contributed by atoms with Gasteiger partial charge >= 0.3 is 0 Å². The zero-order chi connectivity index (χ0) is 13.7. The van der Waals surface area contributed by atoms with Crippen molar-refractivity contribution in [2.45, 2.75) is 63.5 Å². The Morgan fingerprint density at radius 2 is 1.84 bits per heavy atom. The number of carbonyl (C=O) groups is 1. The van der Waals surface area contributed by atoms with Gasteiger partial charge in [0.1, 0.15) is 0 Å². The fourth-order valence-electron chi connectivity index (χ4n) is 3.21. The van der Waals surface area contributed by atoms with Crippen LogP contribution in [0.15, 0.2) is 0 Å². The number of thiocarbonyl (C=S) groups is 1. The summed E-state index contributed by atoms with van der Waals surface area (Å²) in [7, 11) is 0. The lowest BCUT2D eigenvalue weighted by atomic mass is 9.95. The summed E-state index contributed by atoms with van der Waals surface area (Å²) in [6, 6.07) is 0.496. The smallest absolute Gasteiger partial charge is 0.234 e. The third kappa shape index (κ3) is 4.42. The Labute approximate surface area is 121 Å². The molecule has 1 aliphatic carbocycles. The first-order valence-corrected chi connectivity index (χ1v) is 7.90. The first-order valence-electron chi connectivity index (χ1n) is 7.49. The van der Waals surface area contributed by atoms with Crippen LogP contribution in [-0.4, -0.2) is 41.0 Å². The second-order valence-corrected chi connectivity index (χ2v) is 6.26. The summed E-state index contributed by atoms with van der Waals surface area (Å²) in [6.07, 6.45) is 9.33. The summed E-state index contributed by atoms with van der Waals surface area (Å²) in [5, 5.41) is 3.16. The molecule has 1 heterocycles. The molecular weight excluding hydrogens is 258 g/mol. The Balaban J connectivity index is 1.80. The molecule has 1 amide bonds. The summed E-state index contributed by atoms with van der Waals surface area (Å²) in [5.41, 5.74) is 5.78. The van der Waals surface area contributed by atoms with Crippen molar-refractivity contribution < 1.29 is 4.79 Å². The van der Waals surface area contributed by atoms with Crippen molar-refractivity contribution >= 4 is 23.1 Å². The average Bonchev–Trinajstić information content (AvgIpc) is 2.40. The van der Waals surface area contributed by atoms with Crippen molar-refractivity contribution in [3.8, 4) is 0 Å². The highest BCUT2D eigenvalue weighted by Crippen LogP contribution is 2.19. The van der Waals surface area contributed by atoms with Gasteiger partial charge in [-0.05, 0) is 32.2 Å². The van der Waals surface area contributed by atoms with Gasteiger partial charge in [0, 0.05) is 6.04 Å². The molecule has 0 aromatic rings. The fourth-order valence-corrected chi connectivity index (χ4v) is 3.47. The molecule has 1 saturated carbocycles. The van der Waals surface area contributed by atoms with E-state index >= 15 is 0 Å². The van der Waals surface area contributed by atoms with E-state index in [0.29, 0.717) is 17.6 Å². The van der Waals surface area contributed by atoms with Crippen LogP contribution in [0, 0.1) is 0 Å². The Morgan fingerprint density at radius 1 is 1.16 bits per heavy atom. The fraction of sp³-hybridized carbons (Fsp3) is 0.857. The van der Waals surface area contributed by atoms with E-state index in [1.807, 2.05) is 0 Å². The topological polar surface area (TPSA) is 58.4 Å². The zero-order valence-electron chi connectivity index (χ0n) is 11.6. The SMILES string of the molecule is NC(=S)C1CCCCN1CC(=O)NC1CCCCC1. The number of nitrogens with zero attached hydrogens (tertiary/aromatic N) is 1. The minimum atomic E-state index is 0.112. The van der Waals surface area contributed by atoms with Crippen LogP contribution in [0.4, 0.5) is 0 Å². The van der Waals surface area contributed by atoms with Gasteiger partial charge in [0.25, 0.3) is 0 Å². The molecule has 2 rings (SSSR count). The number of rotatable bonds is 4. The van der Waals surface area contributed by atoms with Gasteiger partial charge < -0.3 is 11.1 Å². The van der Waals surface area contributed by atoms with Crippen molar-refractivity contribution in [1.82, 2.24) is 10.2 Å². The lowest BCUT2D eigenvalue weighted by molar-refractivity contribution is -0.123. The van der Waals surface area contributed by atoms with Crippen molar-refractivity contribution in [1.29, 1.82) is 0 Å². The molecule has 0 aromatic heterocycles. The van der Waals surface area contributed by atoms with Crippen LogP contribution in [-0.2, 0) is 4.79 Å². The van der Waals surface area contributed by atoms with Gasteiger partial charge in [0.05, 0.1) is 17.6 Å². The Kier molecular flexibility index (Phi) is 5.58. The quantitative estimate of drug-likeness (QED) is 0.769. The number of nitrogens with two attached hydrogens (primary N) is 1. The highest BCUT2D eigenvalue weighted by Gasteiger charge is 2.26. The van der Waals surface area contributed by atoms with Crippen LogP contribution < -0.4 is 11.1 Å². The molecule has 2 aliphatic rings. The molecular formula is C14H25N3OS.